The predicted octanol–water partition coefficient (Wildman–Crippen LogP) is 4.08. The molecule has 0 radical (unpaired) electrons. The lowest BCUT2D eigenvalue weighted by molar-refractivity contribution is -0.126. The number of carbonyl (C=O) groups excluding carboxylic acids is 1. The molecule has 1 saturated carbocycles. The van der Waals surface area contributed by atoms with Gasteiger partial charge in [-0.15, -0.1) is 0 Å². The fourth-order valence-electron chi connectivity index (χ4n) is 2.85. The molecule has 0 aliphatic heterocycles. The van der Waals surface area contributed by atoms with Gasteiger partial charge in [-0.05, 0) is 37.5 Å². The molecule has 21 heavy (non-hydrogen) atoms. The molecule has 3 N–H and O–H groups in total. The van der Waals surface area contributed by atoms with Gasteiger partial charge >= 0.3 is 0 Å². The number of nitrogens with two attached hydrogens (primary N) is 1. The highest BCUT2D eigenvalue weighted by atomic mass is 35.5. The van der Waals surface area contributed by atoms with Gasteiger partial charge in [-0.1, -0.05) is 48.5 Å². The van der Waals surface area contributed by atoms with Crippen LogP contribution in [0.3, 0.4) is 0 Å². The van der Waals surface area contributed by atoms with E-state index >= 15 is 0 Å². The minimum Gasteiger partial charge on any atom is -0.349 e. The van der Waals surface area contributed by atoms with Crippen LogP contribution >= 0.6 is 23.2 Å². The molecule has 0 heterocycles. The number of amides is 1. The van der Waals surface area contributed by atoms with Crippen molar-refractivity contribution in [3.8, 4) is 0 Å². The van der Waals surface area contributed by atoms with Crippen LogP contribution in [0.25, 0.3) is 0 Å². The Morgan fingerprint density at radius 3 is 2.67 bits per heavy atom. The average Bonchev–Trinajstić information content (AvgIpc) is 2.66. The summed E-state index contributed by atoms with van der Waals surface area (Å²) in [6.07, 6.45) is 5.17. The summed E-state index contributed by atoms with van der Waals surface area (Å²) in [5.74, 6) is -0.0410. The van der Waals surface area contributed by atoms with Gasteiger partial charge in [0.05, 0.1) is 22.0 Å². The van der Waals surface area contributed by atoms with Crippen LogP contribution in [-0.4, -0.2) is 11.9 Å². The van der Waals surface area contributed by atoms with Crippen LogP contribution < -0.4 is 11.1 Å². The third kappa shape index (κ3) is 4.35. The molecule has 1 amide bonds. The van der Waals surface area contributed by atoms with Crippen molar-refractivity contribution < 1.29 is 4.79 Å². The third-order valence-corrected chi connectivity index (χ3v) is 4.95. The lowest BCUT2D eigenvalue weighted by atomic mass is 9.94. The normalized spacial score (nSPS) is 24.2. The zero-order chi connectivity index (χ0) is 15.4. The maximum absolute atomic E-state index is 12.4. The van der Waals surface area contributed by atoms with Crippen LogP contribution in [0, 0.1) is 5.92 Å². The Morgan fingerprint density at radius 1 is 1.24 bits per heavy atom. The van der Waals surface area contributed by atoms with Crippen LogP contribution in [0.2, 0.25) is 10.0 Å². The molecule has 1 aliphatic rings. The van der Waals surface area contributed by atoms with Crippen LogP contribution in [-0.2, 0) is 4.79 Å². The Balaban J connectivity index is 2.02. The van der Waals surface area contributed by atoms with Crippen molar-refractivity contribution in [2.45, 2.75) is 51.1 Å². The Morgan fingerprint density at radius 2 is 1.95 bits per heavy atom. The van der Waals surface area contributed by atoms with Crippen LogP contribution in [0.4, 0.5) is 0 Å². The molecule has 3 unspecified atom stereocenters. The van der Waals surface area contributed by atoms with Crippen molar-refractivity contribution in [1.82, 2.24) is 5.32 Å². The van der Waals surface area contributed by atoms with E-state index in [1.807, 2.05) is 13.0 Å². The van der Waals surface area contributed by atoms with E-state index in [9.17, 15) is 4.79 Å². The second-order valence-corrected chi connectivity index (χ2v) is 6.63. The molecular formula is C16H22Cl2N2O. The second-order valence-electron chi connectivity index (χ2n) is 5.81. The van der Waals surface area contributed by atoms with E-state index in [-0.39, 0.29) is 23.9 Å². The van der Waals surface area contributed by atoms with E-state index in [1.165, 1.54) is 6.42 Å². The van der Waals surface area contributed by atoms with Gasteiger partial charge in [-0.3, -0.25) is 4.79 Å². The van der Waals surface area contributed by atoms with E-state index in [4.69, 9.17) is 28.9 Å². The lowest BCUT2D eigenvalue weighted by Gasteiger charge is -2.23. The summed E-state index contributed by atoms with van der Waals surface area (Å²) >= 11 is 11.9. The molecule has 5 heteroatoms. The summed E-state index contributed by atoms with van der Waals surface area (Å²) in [5.41, 5.74) is 7.08. The van der Waals surface area contributed by atoms with Crippen molar-refractivity contribution in [2.75, 3.05) is 0 Å². The first kappa shape index (κ1) is 16.6. The molecule has 0 bridgehead atoms. The molecule has 1 aromatic carbocycles. The van der Waals surface area contributed by atoms with Gasteiger partial charge in [0.1, 0.15) is 0 Å². The summed E-state index contributed by atoms with van der Waals surface area (Å²) in [7, 11) is 0. The zero-order valence-corrected chi connectivity index (χ0v) is 13.8. The molecule has 1 aromatic rings. The quantitative estimate of drug-likeness (QED) is 0.821. The maximum Gasteiger partial charge on any atom is 0.225 e. The van der Waals surface area contributed by atoms with Crippen LogP contribution in [0.5, 0.6) is 0 Å². The van der Waals surface area contributed by atoms with Gasteiger partial charge in [0, 0.05) is 6.04 Å². The summed E-state index contributed by atoms with van der Waals surface area (Å²) in [6, 6.07) is 5.28. The minimum absolute atomic E-state index is 0.0338. The standard InChI is InChI=1S/C16H22Cl2N2O/c1-10(11-7-8-13(17)14(18)9-11)20-16(21)12-5-3-2-4-6-15(12)19/h7-10,12,15H,2-6,19H2,1H3,(H,20,21). The van der Waals surface area contributed by atoms with Crippen LogP contribution in [0.15, 0.2) is 18.2 Å². The van der Waals surface area contributed by atoms with Gasteiger partial charge < -0.3 is 11.1 Å². The Labute approximate surface area is 136 Å². The highest BCUT2D eigenvalue weighted by Gasteiger charge is 2.27. The number of hydrogen-bond donors (Lipinski definition) is 2. The highest BCUT2D eigenvalue weighted by molar-refractivity contribution is 6.42. The van der Waals surface area contributed by atoms with E-state index < -0.39 is 0 Å². The van der Waals surface area contributed by atoms with Gasteiger partial charge in [0.15, 0.2) is 0 Å². The topological polar surface area (TPSA) is 55.1 Å². The van der Waals surface area contributed by atoms with Gasteiger partial charge in [0.2, 0.25) is 5.91 Å². The molecular weight excluding hydrogens is 307 g/mol. The maximum atomic E-state index is 12.4. The highest BCUT2D eigenvalue weighted by Crippen LogP contribution is 2.27. The van der Waals surface area contributed by atoms with Crippen molar-refractivity contribution in [1.29, 1.82) is 0 Å². The van der Waals surface area contributed by atoms with Crippen molar-refractivity contribution in [2.24, 2.45) is 11.7 Å². The molecule has 2 rings (SSSR count). The SMILES string of the molecule is CC(NC(=O)C1CCCCCC1N)c1ccc(Cl)c(Cl)c1. The van der Waals surface area contributed by atoms with Crippen molar-refractivity contribution in [3.63, 3.8) is 0 Å². The number of benzene rings is 1. The number of rotatable bonds is 3. The summed E-state index contributed by atoms with van der Waals surface area (Å²) in [4.78, 5) is 12.4. The first-order valence-corrected chi connectivity index (χ1v) is 8.25. The first-order valence-electron chi connectivity index (χ1n) is 7.50. The van der Waals surface area contributed by atoms with E-state index in [1.54, 1.807) is 12.1 Å². The van der Waals surface area contributed by atoms with E-state index in [0.29, 0.717) is 10.0 Å². The van der Waals surface area contributed by atoms with Crippen molar-refractivity contribution >= 4 is 29.1 Å². The van der Waals surface area contributed by atoms with E-state index in [0.717, 1.165) is 31.2 Å². The largest absolute Gasteiger partial charge is 0.349 e. The first-order chi connectivity index (χ1) is 9.99. The summed E-state index contributed by atoms with van der Waals surface area (Å²) < 4.78 is 0. The monoisotopic (exact) mass is 328 g/mol. The Kier molecular flexibility index (Phi) is 5.91. The third-order valence-electron chi connectivity index (χ3n) is 4.21. The smallest absolute Gasteiger partial charge is 0.225 e. The molecule has 1 fully saturated rings. The fourth-order valence-corrected chi connectivity index (χ4v) is 3.15. The summed E-state index contributed by atoms with van der Waals surface area (Å²) in [6.45, 7) is 1.94. The molecule has 0 spiro atoms. The lowest BCUT2D eigenvalue weighted by Crippen LogP contribution is -2.42. The minimum atomic E-state index is -0.109. The zero-order valence-electron chi connectivity index (χ0n) is 12.2. The molecule has 0 saturated heterocycles. The van der Waals surface area contributed by atoms with Crippen LogP contribution in [0.1, 0.15) is 50.6 Å². The number of halogens is 2. The van der Waals surface area contributed by atoms with Gasteiger partial charge in [-0.25, -0.2) is 0 Å². The predicted molar refractivity (Wildman–Crippen MR) is 87.6 cm³/mol. The fraction of sp³-hybridized carbons (Fsp3) is 0.562. The molecule has 1 aliphatic carbocycles. The number of hydrogen-bond acceptors (Lipinski definition) is 2. The Bertz CT molecular complexity index is 507. The molecule has 3 atom stereocenters. The summed E-state index contributed by atoms with van der Waals surface area (Å²) in [5, 5.41) is 4.07. The molecule has 3 nitrogen and oxygen atoms in total. The molecule has 116 valence electrons. The van der Waals surface area contributed by atoms with E-state index in [2.05, 4.69) is 5.32 Å². The van der Waals surface area contributed by atoms with Crippen molar-refractivity contribution in [3.05, 3.63) is 33.8 Å². The Hall–Kier alpha value is -0.770. The average molecular weight is 329 g/mol. The number of carbonyl (C=O) groups is 1. The second kappa shape index (κ2) is 7.48. The molecule has 0 aromatic heterocycles. The van der Waals surface area contributed by atoms with Gasteiger partial charge in [0.25, 0.3) is 0 Å². The van der Waals surface area contributed by atoms with Gasteiger partial charge in [-0.2, -0.15) is 0 Å². The number of nitrogens with one attached hydrogen (secondary N) is 1.